The van der Waals surface area contributed by atoms with Gasteiger partial charge in [0.25, 0.3) is 0 Å². The van der Waals surface area contributed by atoms with Crippen LogP contribution >= 0.6 is 22.9 Å². The third-order valence-corrected chi connectivity index (χ3v) is 7.47. The van der Waals surface area contributed by atoms with Crippen LogP contribution in [0.1, 0.15) is 200 Å². The molecule has 0 saturated carbocycles. The lowest BCUT2D eigenvalue weighted by molar-refractivity contribution is -0.124. The molecule has 0 atom stereocenters. The first kappa shape index (κ1) is 72.3. The molecule has 14 heteroatoms. The van der Waals surface area contributed by atoms with E-state index in [1.54, 1.807) is 6.92 Å². The summed E-state index contributed by atoms with van der Waals surface area (Å²) in [5.41, 5.74) is -0.178. The number of Topliss-reactive ketones (excluding diaryl/α,β-unsaturated/α-hetero) is 1. The lowest BCUT2D eigenvalue weighted by atomic mass is 9.92. The van der Waals surface area contributed by atoms with E-state index >= 15 is 0 Å². The van der Waals surface area contributed by atoms with E-state index in [0.717, 1.165) is 6.29 Å². The molecule has 0 aromatic heterocycles. The summed E-state index contributed by atoms with van der Waals surface area (Å²) in [6, 6.07) is 0. The number of hydrogen-bond donors (Lipinski definition) is 2. The van der Waals surface area contributed by atoms with Crippen molar-refractivity contribution in [1.29, 1.82) is 0 Å². The van der Waals surface area contributed by atoms with Gasteiger partial charge in [-0.25, -0.2) is 23.2 Å². The van der Waals surface area contributed by atoms with Gasteiger partial charge in [-0.3, -0.25) is 14.4 Å². The van der Waals surface area contributed by atoms with Crippen molar-refractivity contribution in [3.05, 3.63) is 0 Å². The molecule has 2 amide bonds. The van der Waals surface area contributed by atoms with Gasteiger partial charge < -0.3 is 15.4 Å². The molecule has 0 bridgehead atoms. The van der Waals surface area contributed by atoms with Crippen LogP contribution in [0.3, 0.4) is 0 Å². The van der Waals surface area contributed by atoms with Crippen LogP contribution < -0.4 is 10.6 Å². The van der Waals surface area contributed by atoms with E-state index in [9.17, 15) is 32.4 Å². The number of isocyanates is 1. The van der Waals surface area contributed by atoms with Crippen molar-refractivity contribution >= 4 is 67.1 Å². The van der Waals surface area contributed by atoms with Crippen LogP contribution in [0.4, 0.5) is 0 Å². The molecule has 0 aromatic carbocycles. The molecular formula is C43H89ClN4O7S2. The first-order valence-corrected chi connectivity index (χ1v) is 22.0. The average Bonchev–Trinajstić information content (AvgIpc) is 2.90. The van der Waals surface area contributed by atoms with Crippen molar-refractivity contribution in [1.82, 2.24) is 10.6 Å². The minimum absolute atomic E-state index is 0.0255. The molecule has 342 valence electrons. The van der Waals surface area contributed by atoms with E-state index in [2.05, 4.69) is 65.7 Å². The van der Waals surface area contributed by atoms with Crippen LogP contribution in [0.25, 0.3) is 0 Å². The van der Waals surface area contributed by atoms with Gasteiger partial charge in [0.1, 0.15) is 12.1 Å². The number of halogens is 1. The predicted octanol–water partition coefficient (Wildman–Crippen LogP) is 11.5. The van der Waals surface area contributed by atoms with E-state index in [1.807, 2.05) is 132 Å². The third-order valence-electron chi connectivity index (χ3n) is 5.18. The predicted molar refractivity (Wildman–Crippen MR) is 250 cm³/mol. The zero-order chi connectivity index (χ0) is 48.7. The van der Waals surface area contributed by atoms with Crippen molar-refractivity contribution in [2.24, 2.45) is 26.2 Å². The van der Waals surface area contributed by atoms with Crippen LogP contribution in [0, 0.1) is 16.2 Å². The normalized spacial score (nSPS) is 11.2. The van der Waals surface area contributed by atoms with Gasteiger partial charge in [-0.2, -0.15) is 0 Å². The molecule has 0 spiro atoms. The highest BCUT2D eigenvalue weighted by Gasteiger charge is 2.15. The smallest absolute Gasteiger partial charge is 0.235 e. The van der Waals surface area contributed by atoms with E-state index in [1.165, 1.54) is 33.3 Å². The van der Waals surface area contributed by atoms with Crippen LogP contribution in [0.15, 0.2) is 9.98 Å². The summed E-state index contributed by atoms with van der Waals surface area (Å²) in [4.78, 5) is 58.2. The summed E-state index contributed by atoms with van der Waals surface area (Å²) in [5.74, 6) is 0.382. The van der Waals surface area contributed by atoms with Gasteiger partial charge in [-0.1, -0.05) is 82.6 Å². The monoisotopic (exact) mass is 873 g/mol. The maximum atomic E-state index is 10.7. The Morgan fingerprint density at radius 3 is 0.982 bits per heavy atom. The highest BCUT2D eigenvalue weighted by Crippen LogP contribution is 2.16. The quantitative estimate of drug-likeness (QED) is 0.0908. The highest BCUT2D eigenvalue weighted by molar-refractivity contribution is 8.14. The number of nitrogens with one attached hydrogen (secondary N) is 2. The van der Waals surface area contributed by atoms with Crippen molar-refractivity contribution in [2.45, 2.75) is 227 Å². The fourth-order valence-corrected chi connectivity index (χ4v) is 1.58. The van der Waals surface area contributed by atoms with Gasteiger partial charge in [0, 0.05) is 45.9 Å². The molecule has 57 heavy (non-hydrogen) atoms. The lowest BCUT2D eigenvalue weighted by Gasteiger charge is -2.19. The van der Waals surface area contributed by atoms with E-state index < -0.39 is 14.3 Å². The maximum Gasteiger partial charge on any atom is 0.235 e. The van der Waals surface area contributed by atoms with Crippen LogP contribution in [-0.4, -0.2) is 70.9 Å². The first-order chi connectivity index (χ1) is 24.5. The Kier molecular flexibility index (Phi) is 42.5. The molecular weight excluding hydrogens is 784 g/mol. The number of hydrogen-bond acceptors (Lipinski definition) is 10. The zero-order valence-electron chi connectivity index (χ0n) is 41.5. The Labute approximate surface area is 362 Å². The first-order valence-electron chi connectivity index (χ1n) is 19.2. The summed E-state index contributed by atoms with van der Waals surface area (Å²) in [6.07, 6.45) is 4.26. The van der Waals surface area contributed by atoms with E-state index in [0.29, 0.717) is 11.8 Å². The standard InChI is InChI=1S/C7H15NO.C6H13NO.C6H12O.C6H14.C5H9NO.C5H9NS.C5H10O.C3H7ClO2S/c1-5-6(9)8-7(2,3)4;1-5(8)7-6(2,3)4;1-5(7)6(2,3)4;1-5-6(2,3)4;2*1-5(2,3)6-4-7;1-5(2,3)4-6;1-3(2)7(4,5)6/h5H2,1-4H3,(H,8,9);1-4H3,(H,7,8);1-4H3;5H2,1-4H3;2*1-3H3;4H,1-3H3;3H,1-2H3. The molecule has 0 unspecified atom stereocenters. The second kappa shape index (κ2) is 33.5. The van der Waals surface area contributed by atoms with Crippen molar-refractivity contribution in [3.63, 3.8) is 0 Å². The minimum atomic E-state index is -3.27. The number of carbonyl (C=O) groups excluding carboxylic acids is 5. The van der Waals surface area contributed by atoms with Crippen LogP contribution in [0.2, 0.25) is 0 Å². The fourth-order valence-electron chi connectivity index (χ4n) is 1.31. The SMILES string of the molecule is CC(=O)C(C)(C)C.CC(=O)NC(C)(C)C.CC(C)(C)C=O.CC(C)(C)N=C=O.CC(C)(C)N=C=S.CC(C)S(=O)(=O)Cl.CCC(=O)NC(C)(C)C.CCC(C)(C)C. The second-order valence-electron chi connectivity index (χ2n) is 20.6. The molecule has 0 heterocycles. The maximum absolute atomic E-state index is 10.7. The summed E-state index contributed by atoms with van der Waals surface area (Å²) in [5, 5.41) is 7.43. The van der Waals surface area contributed by atoms with Crippen molar-refractivity contribution in [2.75, 3.05) is 0 Å². The highest BCUT2D eigenvalue weighted by atomic mass is 35.7. The number of aliphatic imine (C=N–C) groups is 2. The number of isothiocyanates is 1. The summed E-state index contributed by atoms with van der Waals surface area (Å²) in [7, 11) is 1.57. The topological polar surface area (TPSA) is 168 Å². The molecule has 0 fully saturated rings. The van der Waals surface area contributed by atoms with Crippen LogP contribution in [0.5, 0.6) is 0 Å². The van der Waals surface area contributed by atoms with Gasteiger partial charge in [-0.05, 0) is 121 Å². The molecule has 0 rings (SSSR count). The van der Waals surface area contributed by atoms with E-state index in [-0.39, 0.29) is 50.6 Å². The number of nitrogens with zero attached hydrogens (tertiary/aromatic N) is 2. The number of amides is 2. The minimum Gasteiger partial charge on any atom is -0.352 e. The largest absolute Gasteiger partial charge is 0.352 e. The van der Waals surface area contributed by atoms with E-state index in [4.69, 9.17) is 10.7 Å². The molecule has 0 aromatic rings. The Morgan fingerprint density at radius 2 is 0.965 bits per heavy atom. The zero-order valence-corrected chi connectivity index (χ0v) is 43.9. The molecule has 0 radical (unpaired) electrons. The molecule has 0 aliphatic heterocycles. The molecule has 2 N–H and O–H groups in total. The molecule has 0 aliphatic carbocycles. The number of rotatable bonds is 2. The summed E-state index contributed by atoms with van der Waals surface area (Å²) in [6.45, 7) is 51.6. The molecule has 0 saturated heterocycles. The number of ketones is 1. The summed E-state index contributed by atoms with van der Waals surface area (Å²) >= 11 is 4.38. The third kappa shape index (κ3) is 113. The van der Waals surface area contributed by atoms with Gasteiger partial charge in [0.05, 0.1) is 21.5 Å². The lowest BCUT2D eigenvalue weighted by Crippen LogP contribution is -2.40. The Balaban J connectivity index is -0.0000000805. The Morgan fingerprint density at radius 1 is 0.702 bits per heavy atom. The van der Waals surface area contributed by atoms with Crippen LogP contribution in [-0.2, 0) is 33.0 Å². The number of carbonyl (C=O) groups is 4. The van der Waals surface area contributed by atoms with Gasteiger partial charge in [-0.15, -0.1) is 0 Å². The molecule has 11 nitrogen and oxygen atoms in total. The number of thiocarbonyl (C=S) groups is 1. The van der Waals surface area contributed by atoms with Crippen molar-refractivity contribution in [3.8, 4) is 0 Å². The van der Waals surface area contributed by atoms with Gasteiger partial charge in [0.2, 0.25) is 26.9 Å². The molecule has 0 aliphatic rings. The second-order valence-corrected chi connectivity index (χ2v) is 23.9. The van der Waals surface area contributed by atoms with Gasteiger partial charge in [0.15, 0.2) is 0 Å². The van der Waals surface area contributed by atoms with Gasteiger partial charge >= 0.3 is 0 Å². The summed E-state index contributed by atoms with van der Waals surface area (Å²) < 4.78 is 20.2. The fraction of sp³-hybridized carbons (Fsp3) is 0.860. The number of aldehydes is 1. The average molecular weight is 874 g/mol. The Bertz CT molecular complexity index is 1240. The van der Waals surface area contributed by atoms with Crippen molar-refractivity contribution < 1.29 is 32.4 Å². The Hall–Kier alpha value is -2.30.